The van der Waals surface area contributed by atoms with Crippen molar-refractivity contribution in [3.8, 4) is 11.3 Å². The van der Waals surface area contributed by atoms with Crippen LogP contribution < -0.4 is 5.32 Å². The normalized spacial score (nSPS) is 12.0. The molecule has 0 fully saturated rings. The monoisotopic (exact) mass is 309 g/mol. The Morgan fingerprint density at radius 3 is 2.65 bits per heavy atom. The number of amides is 1. The summed E-state index contributed by atoms with van der Waals surface area (Å²) in [4.78, 5) is 27.4. The van der Waals surface area contributed by atoms with Gasteiger partial charge in [-0.1, -0.05) is 30.3 Å². The van der Waals surface area contributed by atoms with Crippen molar-refractivity contribution >= 4 is 17.5 Å². The number of benzene rings is 1. The number of nitrogens with one attached hydrogen (secondary N) is 1. The van der Waals surface area contributed by atoms with Gasteiger partial charge in [-0.05, 0) is 19.1 Å². The van der Waals surface area contributed by atoms with Gasteiger partial charge in [0.25, 0.3) is 5.91 Å². The summed E-state index contributed by atoms with van der Waals surface area (Å²) in [5.74, 6) is -1.52. The molecule has 2 aromatic heterocycles. The first-order valence-corrected chi connectivity index (χ1v) is 7.12. The van der Waals surface area contributed by atoms with E-state index in [1.807, 2.05) is 40.9 Å². The molecule has 116 valence electrons. The van der Waals surface area contributed by atoms with E-state index in [2.05, 4.69) is 10.3 Å². The Labute approximate surface area is 132 Å². The van der Waals surface area contributed by atoms with Gasteiger partial charge in [-0.25, -0.2) is 4.98 Å². The summed E-state index contributed by atoms with van der Waals surface area (Å²) < 4.78 is 1.82. The van der Waals surface area contributed by atoms with Crippen LogP contribution in [0.4, 0.5) is 0 Å². The van der Waals surface area contributed by atoms with Crippen LogP contribution in [0.1, 0.15) is 17.3 Å². The predicted molar refractivity (Wildman–Crippen MR) is 85.2 cm³/mol. The largest absolute Gasteiger partial charge is 0.480 e. The summed E-state index contributed by atoms with van der Waals surface area (Å²) in [5, 5.41) is 11.3. The zero-order valence-electron chi connectivity index (χ0n) is 12.4. The topological polar surface area (TPSA) is 83.7 Å². The number of carbonyl (C=O) groups is 2. The number of pyridine rings is 1. The Morgan fingerprint density at radius 1 is 1.22 bits per heavy atom. The number of hydrogen-bond donors (Lipinski definition) is 2. The molecule has 0 aliphatic carbocycles. The van der Waals surface area contributed by atoms with Crippen molar-refractivity contribution in [1.29, 1.82) is 0 Å². The van der Waals surface area contributed by atoms with Crippen LogP contribution >= 0.6 is 0 Å². The molecule has 23 heavy (non-hydrogen) atoms. The molecule has 0 aliphatic rings. The van der Waals surface area contributed by atoms with E-state index in [0.29, 0.717) is 11.2 Å². The molecule has 6 heteroatoms. The number of nitrogens with zero attached hydrogens (tertiary/aromatic N) is 2. The lowest BCUT2D eigenvalue weighted by molar-refractivity contribution is -0.138. The summed E-state index contributed by atoms with van der Waals surface area (Å²) in [6, 6.07) is 12.1. The van der Waals surface area contributed by atoms with Gasteiger partial charge in [0.1, 0.15) is 11.7 Å². The zero-order valence-corrected chi connectivity index (χ0v) is 12.4. The van der Waals surface area contributed by atoms with Crippen molar-refractivity contribution in [2.75, 3.05) is 0 Å². The fourth-order valence-corrected chi connectivity index (χ4v) is 2.21. The van der Waals surface area contributed by atoms with Gasteiger partial charge in [0.2, 0.25) is 0 Å². The standard InChI is InChI=1S/C17H15N3O3/c1-11(17(22)23)18-16(21)13-7-8-20-10-14(19-15(20)9-13)12-5-3-2-4-6-12/h2-11H,1H3,(H,18,21)(H,22,23). The number of carboxylic acids is 1. The summed E-state index contributed by atoms with van der Waals surface area (Å²) in [6.07, 6.45) is 3.61. The fraction of sp³-hybridized carbons (Fsp3) is 0.118. The van der Waals surface area contributed by atoms with Crippen LogP contribution in [0.25, 0.3) is 16.9 Å². The minimum atomic E-state index is -1.08. The second-order valence-electron chi connectivity index (χ2n) is 5.21. The third-order valence-electron chi connectivity index (χ3n) is 3.51. The van der Waals surface area contributed by atoms with Gasteiger partial charge < -0.3 is 14.8 Å². The van der Waals surface area contributed by atoms with Crippen LogP contribution in [-0.4, -0.2) is 32.4 Å². The number of carboxylic acid groups (broad SMARTS) is 1. The van der Waals surface area contributed by atoms with E-state index >= 15 is 0 Å². The number of rotatable bonds is 4. The summed E-state index contributed by atoms with van der Waals surface area (Å²) in [5.41, 5.74) is 2.79. The molecular weight excluding hydrogens is 294 g/mol. The second-order valence-corrected chi connectivity index (χ2v) is 5.21. The quantitative estimate of drug-likeness (QED) is 0.774. The number of fused-ring (bicyclic) bond motifs is 1. The molecule has 2 heterocycles. The van der Waals surface area contributed by atoms with Crippen LogP contribution in [0.3, 0.4) is 0 Å². The summed E-state index contributed by atoms with van der Waals surface area (Å²) >= 11 is 0. The van der Waals surface area contributed by atoms with E-state index in [1.165, 1.54) is 6.92 Å². The van der Waals surface area contributed by atoms with Crippen molar-refractivity contribution < 1.29 is 14.7 Å². The van der Waals surface area contributed by atoms with E-state index in [9.17, 15) is 9.59 Å². The maximum atomic E-state index is 12.1. The molecular formula is C17H15N3O3. The predicted octanol–water partition coefficient (Wildman–Crippen LogP) is 2.20. The molecule has 3 rings (SSSR count). The van der Waals surface area contributed by atoms with Gasteiger partial charge in [-0.3, -0.25) is 9.59 Å². The Morgan fingerprint density at radius 2 is 1.96 bits per heavy atom. The first kappa shape index (κ1) is 14.8. The molecule has 1 aromatic carbocycles. The van der Waals surface area contributed by atoms with Gasteiger partial charge in [0.05, 0.1) is 5.69 Å². The molecule has 0 radical (unpaired) electrons. The zero-order chi connectivity index (χ0) is 16.4. The molecule has 0 aliphatic heterocycles. The molecule has 2 N–H and O–H groups in total. The maximum Gasteiger partial charge on any atom is 0.325 e. The minimum Gasteiger partial charge on any atom is -0.480 e. The van der Waals surface area contributed by atoms with Gasteiger partial charge >= 0.3 is 5.97 Å². The van der Waals surface area contributed by atoms with Crippen LogP contribution in [-0.2, 0) is 4.79 Å². The van der Waals surface area contributed by atoms with E-state index in [0.717, 1.165) is 11.3 Å². The molecule has 0 spiro atoms. The molecule has 6 nitrogen and oxygen atoms in total. The first-order valence-electron chi connectivity index (χ1n) is 7.12. The van der Waals surface area contributed by atoms with Gasteiger partial charge in [0.15, 0.2) is 0 Å². The lowest BCUT2D eigenvalue weighted by Gasteiger charge is -2.09. The van der Waals surface area contributed by atoms with Crippen LogP contribution in [0.2, 0.25) is 0 Å². The highest BCUT2D eigenvalue weighted by Gasteiger charge is 2.16. The second kappa shape index (κ2) is 5.92. The lowest BCUT2D eigenvalue weighted by Crippen LogP contribution is -2.38. The van der Waals surface area contributed by atoms with Crippen LogP contribution in [0, 0.1) is 0 Å². The van der Waals surface area contributed by atoms with Crippen molar-refractivity contribution in [3.05, 3.63) is 60.4 Å². The molecule has 3 aromatic rings. The molecule has 1 atom stereocenters. The minimum absolute atomic E-state index is 0.371. The molecule has 0 saturated heterocycles. The third-order valence-corrected chi connectivity index (χ3v) is 3.51. The highest BCUT2D eigenvalue weighted by Crippen LogP contribution is 2.19. The average Bonchev–Trinajstić information content (AvgIpc) is 2.98. The smallest absolute Gasteiger partial charge is 0.325 e. The van der Waals surface area contributed by atoms with Crippen molar-refractivity contribution in [3.63, 3.8) is 0 Å². The highest BCUT2D eigenvalue weighted by atomic mass is 16.4. The van der Waals surface area contributed by atoms with Crippen LogP contribution in [0.15, 0.2) is 54.9 Å². The van der Waals surface area contributed by atoms with Crippen molar-refractivity contribution in [2.45, 2.75) is 13.0 Å². The Bertz CT molecular complexity index is 871. The van der Waals surface area contributed by atoms with Gasteiger partial charge in [-0.2, -0.15) is 0 Å². The van der Waals surface area contributed by atoms with E-state index in [1.54, 1.807) is 18.3 Å². The number of hydrogen-bond acceptors (Lipinski definition) is 3. The van der Waals surface area contributed by atoms with E-state index < -0.39 is 17.9 Å². The first-order chi connectivity index (χ1) is 11.0. The Hall–Kier alpha value is -3.15. The number of carbonyl (C=O) groups excluding carboxylic acids is 1. The molecule has 0 saturated carbocycles. The van der Waals surface area contributed by atoms with Gasteiger partial charge in [0, 0.05) is 23.5 Å². The SMILES string of the molecule is CC(NC(=O)c1ccn2cc(-c3ccccc3)nc2c1)C(=O)O. The number of imidazole rings is 1. The molecule has 1 unspecified atom stereocenters. The van der Waals surface area contributed by atoms with E-state index in [4.69, 9.17) is 5.11 Å². The number of aromatic nitrogens is 2. The fourth-order valence-electron chi connectivity index (χ4n) is 2.21. The Balaban J connectivity index is 1.90. The van der Waals surface area contributed by atoms with Crippen molar-refractivity contribution in [2.24, 2.45) is 0 Å². The highest BCUT2D eigenvalue weighted by molar-refractivity contribution is 5.97. The summed E-state index contributed by atoms with van der Waals surface area (Å²) in [7, 11) is 0. The molecule has 0 bridgehead atoms. The van der Waals surface area contributed by atoms with E-state index in [-0.39, 0.29) is 0 Å². The Kier molecular flexibility index (Phi) is 3.80. The van der Waals surface area contributed by atoms with Crippen LogP contribution in [0.5, 0.6) is 0 Å². The third kappa shape index (κ3) is 3.06. The maximum absolute atomic E-state index is 12.1. The summed E-state index contributed by atoms with van der Waals surface area (Å²) in [6.45, 7) is 1.42. The van der Waals surface area contributed by atoms with Gasteiger partial charge in [-0.15, -0.1) is 0 Å². The lowest BCUT2D eigenvalue weighted by atomic mass is 10.2. The van der Waals surface area contributed by atoms with Crippen molar-refractivity contribution in [1.82, 2.24) is 14.7 Å². The average molecular weight is 309 g/mol. The molecule has 1 amide bonds. The number of aliphatic carboxylic acids is 1.